The Morgan fingerprint density at radius 3 is 3.00 bits per heavy atom. The molecule has 4 heterocycles. The molecule has 0 aliphatic rings. The molecule has 0 atom stereocenters. The molecule has 6 nitrogen and oxygen atoms in total. The van der Waals surface area contributed by atoms with Crippen LogP contribution >= 0.6 is 22.7 Å². The lowest BCUT2D eigenvalue weighted by Gasteiger charge is -2.07. The fourth-order valence-electron chi connectivity index (χ4n) is 2.64. The summed E-state index contributed by atoms with van der Waals surface area (Å²) < 4.78 is 27.9. The number of fused-ring (bicyclic) bond motifs is 2. The van der Waals surface area contributed by atoms with Crippen molar-refractivity contribution < 1.29 is 8.42 Å². The topological polar surface area (TPSA) is 70.5 Å². The molecule has 0 amide bonds. The lowest BCUT2D eigenvalue weighted by atomic mass is 10.2. The van der Waals surface area contributed by atoms with Crippen molar-refractivity contribution in [1.29, 1.82) is 0 Å². The number of imidazole rings is 1. The summed E-state index contributed by atoms with van der Waals surface area (Å²) in [6, 6.07) is 1.78. The van der Waals surface area contributed by atoms with Crippen LogP contribution in [0.5, 0.6) is 0 Å². The molecule has 0 fully saturated rings. The highest BCUT2D eigenvalue weighted by Crippen LogP contribution is 2.34. The summed E-state index contributed by atoms with van der Waals surface area (Å²) in [6.45, 7) is 0.920. The van der Waals surface area contributed by atoms with Gasteiger partial charge < -0.3 is 9.88 Å². The standard InChI is InChI=1S/C15H16N4O2S3/c1-18(2)4-3-10-8-16-14-11(10)7-13(23-14)24(20,21)12-9-17-15-19(12)5-6-22-15/h5-9,16H,3-4H2,1-2H3. The summed E-state index contributed by atoms with van der Waals surface area (Å²) in [5.41, 5.74) is 1.14. The monoisotopic (exact) mass is 380 g/mol. The van der Waals surface area contributed by atoms with Gasteiger partial charge in [0.25, 0.3) is 0 Å². The summed E-state index contributed by atoms with van der Waals surface area (Å²) in [5.74, 6) is 0. The molecule has 0 saturated heterocycles. The minimum Gasteiger partial charge on any atom is -0.353 e. The Morgan fingerprint density at radius 1 is 1.38 bits per heavy atom. The fraction of sp³-hybridized carbons (Fsp3) is 0.267. The van der Waals surface area contributed by atoms with Gasteiger partial charge in [0.05, 0.1) is 6.20 Å². The SMILES string of the molecule is CN(C)CCc1c[nH]c2sc(S(=O)(=O)c3cnc4sccn34)cc12. The van der Waals surface area contributed by atoms with Crippen LogP contribution in [0.25, 0.3) is 15.2 Å². The minimum absolute atomic E-state index is 0.220. The molecule has 0 aliphatic carbocycles. The van der Waals surface area contributed by atoms with Gasteiger partial charge in [-0.2, -0.15) is 0 Å². The van der Waals surface area contributed by atoms with Crippen LogP contribution in [-0.4, -0.2) is 48.3 Å². The third kappa shape index (κ3) is 2.48. The Labute approximate surface area is 147 Å². The van der Waals surface area contributed by atoms with Crippen molar-refractivity contribution in [3.8, 4) is 0 Å². The van der Waals surface area contributed by atoms with Gasteiger partial charge in [0.1, 0.15) is 9.04 Å². The zero-order valence-corrected chi connectivity index (χ0v) is 15.6. The Bertz CT molecular complexity index is 1110. The number of nitrogens with one attached hydrogen (secondary N) is 1. The van der Waals surface area contributed by atoms with Crippen LogP contribution in [0.1, 0.15) is 5.56 Å². The van der Waals surface area contributed by atoms with E-state index in [4.69, 9.17) is 0 Å². The van der Waals surface area contributed by atoms with Crippen molar-refractivity contribution in [2.45, 2.75) is 15.7 Å². The number of H-pyrrole nitrogens is 1. The number of sulfone groups is 1. The summed E-state index contributed by atoms with van der Waals surface area (Å²) in [6.07, 6.45) is 6.02. The number of hydrogen-bond donors (Lipinski definition) is 1. The van der Waals surface area contributed by atoms with Gasteiger partial charge in [-0.25, -0.2) is 13.4 Å². The molecule has 0 aromatic carbocycles. The first-order valence-electron chi connectivity index (χ1n) is 7.37. The van der Waals surface area contributed by atoms with E-state index in [1.54, 1.807) is 16.7 Å². The van der Waals surface area contributed by atoms with Crippen molar-refractivity contribution in [2.75, 3.05) is 20.6 Å². The molecule has 0 saturated carbocycles. The molecule has 0 bridgehead atoms. The van der Waals surface area contributed by atoms with E-state index >= 15 is 0 Å². The maximum Gasteiger partial charge on any atom is 0.233 e. The average molecular weight is 381 g/mol. The number of hydrogen-bond acceptors (Lipinski definition) is 6. The predicted molar refractivity (Wildman–Crippen MR) is 97.0 cm³/mol. The van der Waals surface area contributed by atoms with E-state index in [2.05, 4.69) is 14.9 Å². The van der Waals surface area contributed by atoms with Gasteiger partial charge in [0.2, 0.25) is 9.84 Å². The third-order valence-electron chi connectivity index (χ3n) is 3.91. The van der Waals surface area contributed by atoms with Crippen molar-refractivity contribution in [2.24, 2.45) is 0 Å². The summed E-state index contributed by atoms with van der Waals surface area (Å²) in [5, 5.41) is 3.04. The lowest BCUT2D eigenvalue weighted by molar-refractivity contribution is 0.414. The summed E-state index contributed by atoms with van der Waals surface area (Å²) in [7, 11) is 0.477. The molecule has 9 heteroatoms. The lowest BCUT2D eigenvalue weighted by Crippen LogP contribution is -2.14. The van der Waals surface area contributed by atoms with Gasteiger partial charge in [-0.05, 0) is 32.1 Å². The Kier molecular flexibility index (Phi) is 3.75. The van der Waals surface area contributed by atoms with E-state index in [1.165, 1.54) is 28.9 Å². The molecule has 0 radical (unpaired) electrons. The normalized spacial score (nSPS) is 12.8. The van der Waals surface area contributed by atoms with E-state index in [0.717, 1.165) is 28.7 Å². The number of thiophene rings is 1. The summed E-state index contributed by atoms with van der Waals surface area (Å²) >= 11 is 2.69. The van der Waals surface area contributed by atoms with Gasteiger partial charge in [-0.3, -0.25) is 4.40 Å². The van der Waals surface area contributed by atoms with Crippen LogP contribution in [0.15, 0.2) is 39.3 Å². The highest BCUT2D eigenvalue weighted by Gasteiger charge is 2.25. The van der Waals surface area contributed by atoms with Crippen LogP contribution in [0.3, 0.4) is 0 Å². The molecule has 4 aromatic heterocycles. The zero-order chi connectivity index (χ0) is 16.9. The first-order valence-corrected chi connectivity index (χ1v) is 10.5. The van der Waals surface area contributed by atoms with Crippen molar-refractivity contribution in [3.05, 3.63) is 35.6 Å². The molecular formula is C15H16N4O2S3. The largest absolute Gasteiger partial charge is 0.353 e. The van der Waals surface area contributed by atoms with Crippen LogP contribution < -0.4 is 0 Å². The van der Waals surface area contributed by atoms with E-state index in [0.29, 0.717) is 9.17 Å². The number of rotatable bonds is 5. The second-order valence-corrected chi connectivity index (χ2v) is 9.88. The Balaban J connectivity index is 1.77. The molecule has 1 N–H and O–H groups in total. The molecular weight excluding hydrogens is 364 g/mol. The molecule has 24 heavy (non-hydrogen) atoms. The molecule has 0 aliphatic heterocycles. The van der Waals surface area contributed by atoms with E-state index in [9.17, 15) is 8.42 Å². The summed E-state index contributed by atoms with van der Waals surface area (Å²) in [4.78, 5) is 11.1. The fourth-order valence-corrected chi connectivity index (χ4v) is 6.20. The van der Waals surface area contributed by atoms with Crippen LogP contribution in [0, 0.1) is 0 Å². The first-order chi connectivity index (χ1) is 11.5. The number of nitrogens with zero attached hydrogens (tertiary/aromatic N) is 3. The maximum absolute atomic E-state index is 13.0. The highest BCUT2D eigenvalue weighted by atomic mass is 32.2. The third-order valence-corrected chi connectivity index (χ3v) is 7.95. The Hall–Kier alpha value is -1.68. The van der Waals surface area contributed by atoms with Crippen molar-refractivity contribution in [1.82, 2.24) is 19.3 Å². The second kappa shape index (κ2) is 5.69. The molecule has 126 valence electrons. The molecule has 4 rings (SSSR count). The van der Waals surface area contributed by atoms with Crippen LogP contribution in [0.4, 0.5) is 0 Å². The highest BCUT2D eigenvalue weighted by molar-refractivity contribution is 7.93. The van der Waals surface area contributed by atoms with Crippen LogP contribution in [0.2, 0.25) is 0 Å². The first kappa shape index (κ1) is 15.8. The van der Waals surface area contributed by atoms with Crippen molar-refractivity contribution >= 4 is 47.7 Å². The van der Waals surface area contributed by atoms with Gasteiger partial charge in [0, 0.05) is 29.7 Å². The van der Waals surface area contributed by atoms with Gasteiger partial charge in [-0.1, -0.05) is 0 Å². The predicted octanol–water partition coefficient (Wildman–Crippen LogP) is 2.88. The van der Waals surface area contributed by atoms with E-state index in [1.807, 2.05) is 25.7 Å². The molecule has 0 unspecified atom stereocenters. The Morgan fingerprint density at radius 2 is 2.21 bits per heavy atom. The maximum atomic E-state index is 13.0. The molecule has 4 aromatic rings. The van der Waals surface area contributed by atoms with Gasteiger partial charge >= 0.3 is 0 Å². The minimum atomic E-state index is -3.58. The van der Waals surface area contributed by atoms with Gasteiger partial charge in [-0.15, -0.1) is 22.7 Å². The number of aromatic amines is 1. The molecule has 0 spiro atoms. The average Bonchev–Trinajstić information content (AvgIpc) is 3.24. The van der Waals surface area contributed by atoms with Gasteiger partial charge in [0.15, 0.2) is 9.99 Å². The number of aromatic nitrogens is 3. The second-order valence-electron chi connectivity index (χ2n) is 5.83. The van der Waals surface area contributed by atoms with E-state index in [-0.39, 0.29) is 5.03 Å². The van der Waals surface area contributed by atoms with E-state index < -0.39 is 9.84 Å². The smallest absolute Gasteiger partial charge is 0.233 e. The quantitative estimate of drug-likeness (QED) is 0.578. The number of likely N-dealkylation sites (N-methyl/N-ethyl adjacent to an activating group) is 1. The number of thiazole rings is 1. The van der Waals surface area contributed by atoms with Crippen molar-refractivity contribution in [3.63, 3.8) is 0 Å². The van der Waals surface area contributed by atoms with Crippen LogP contribution in [-0.2, 0) is 16.3 Å². The zero-order valence-electron chi connectivity index (χ0n) is 13.2.